The summed E-state index contributed by atoms with van der Waals surface area (Å²) >= 11 is 0. The molecule has 0 amide bonds. The van der Waals surface area contributed by atoms with Crippen molar-refractivity contribution in [2.45, 2.75) is 18.6 Å². The standard InChI is InChI=1S/C18H21N5O4/c19-14-13-7-18(27-15(13)22-17(20)21-14)9-23(5-6-26-10-18)8-11-1-3-12(4-2-11)16(24)25/h1-4H,5-10H2,(H,24,25)(H4,19,20,21,22)/t18-/m1/s1. The van der Waals surface area contributed by atoms with Gasteiger partial charge in [-0.25, -0.2) is 4.79 Å². The number of hydrogen-bond acceptors (Lipinski definition) is 8. The van der Waals surface area contributed by atoms with Gasteiger partial charge in [0.2, 0.25) is 11.8 Å². The van der Waals surface area contributed by atoms with Crippen LogP contribution in [0.2, 0.25) is 0 Å². The smallest absolute Gasteiger partial charge is 0.335 e. The first kappa shape index (κ1) is 17.5. The Bertz CT molecular complexity index is 873. The Kier molecular flexibility index (Phi) is 4.33. The van der Waals surface area contributed by atoms with E-state index in [0.717, 1.165) is 17.7 Å². The van der Waals surface area contributed by atoms with Crippen LogP contribution in [0.3, 0.4) is 0 Å². The minimum atomic E-state index is -0.932. The van der Waals surface area contributed by atoms with Gasteiger partial charge in [-0.15, -0.1) is 0 Å². The van der Waals surface area contributed by atoms with Crippen LogP contribution >= 0.6 is 0 Å². The van der Waals surface area contributed by atoms with E-state index in [4.69, 9.17) is 26.0 Å². The Morgan fingerprint density at radius 3 is 2.78 bits per heavy atom. The van der Waals surface area contributed by atoms with Gasteiger partial charge in [0.05, 0.1) is 24.3 Å². The quantitative estimate of drug-likeness (QED) is 0.706. The van der Waals surface area contributed by atoms with Gasteiger partial charge in [-0.1, -0.05) is 12.1 Å². The van der Waals surface area contributed by atoms with Crippen LogP contribution in [0.5, 0.6) is 5.88 Å². The van der Waals surface area contributed by atoms with Crippen LogP contribution in [0.4, 0.5) is 11.8 Å². The number of nitrogens with two attached hydrogens (primary N) is 2. The zero-order valence-corrected chi connectivity index (χ0v) is 14.7. The summed E-state index contributed by atoms with van der Waals surface area (Å²) in [5.74, 6) is -0.0716. The minimum Gasteiger partial charge on any atom is -0.478 e. The molecule has 9 heteroatoms. The van der Waals surface area contributed by atoms with E-state index >= 15 is 0 Å². The molecule has 2 aliphatic heterocycles. The number of aromatic carboxylic acids is 1. The molecule has 2 aromatic rings. The van der Waals surface area contributed by atoms with E-state index in [9.17, 15) is 4.79 Å². The average Bonchev–Trinajstić information content (AvgIpc) is 2.85. The van der Waals surface area contributed by atoms with Crippen LogP contribution in [0.15, 0.2) is 24.3 Å². The normalized spacial score (nSPS) is 22.2. The summed E-state index contributed by atoms with van der Waals surface area (Å²) in [6.07, 6.45) is 0.558. The fourth-order valence-corrected chi connectivity index (χ4v) is 3.61. The Morgan fingerprint density at radius 1 is 1.26 bits per heavy atom. The van der Waals surface area contributed by atoms with Crippen LogP contribution < -0.4 is 16.2 Å². The Morgan fingerprint density at radius 2 is 2.04 bits per heavy atom. The predicted octanol–water partition coefficient (Wildman–Crippen LogP) is 0.545. The number of rotatable bonds is 3. The molecule has 1 fully saturated rings. The van der Waals surface area contributed by atoms with Crippen molar-refractivity contribution >= 4 is 17.7 Å². The van der Waals surface area contributed by atoms with Gasteiger partial charge < -0.3 is 26.0 Å². The first-order valence-corrected chi connectivity index (χ1v) is 8.67. The maximum Gasteiger partial charge on any atom is 0.335 e. The van der Waals surface area contributed by atoms with Crippen molar-refractivity contribution in [3.8, 4) is 5.88 Å². The third-order valence-electron chi connectivity index (χ3n) is 4.87. The van der Waals surface area contributed by atoms with E-state index < -0.39 is 11.6 Å². The fourth-order valence-electron chi connectivity index (χ4n) is 3.61. The summed E-state index contributed by atoms with van der Waals surface area (Å²) in [6, 6.07) is 6.89. The molecule has 1 spiro atoms. The number of carboxylic acids is 1. The molecule has 0 bridgehead atoms. The molecular weight excluding hydrogens is 350 g/mol. The lowest BCUT2D eigenvalue weighted by Gasteiger charge is -2.31. The van der Waals surface area contributed by atoms with Crippen molar-refractivity contribution < 1.29 is 19.4 Å². The monoisotopic (exact) mass is 371 g/mol. The van der Waals surface area contributed by atoms with Gasteiger partial charge in [-0.3, -0.25) is 4.90 Å². The summed E-state index contributed by atoms with van der Waals surface area (Å²) in [7, 11) is 0. The highest BCUT2D eigenvalue weighted by atomic mass is 16.6. The summed E-state index contributed by atoms with van der Waals surface area (Å²) in [5.41, 5.74) is 13.1. The van der Waals surface area contributed by atoms with Crippen molar-refractivity contribution in [3.05, 3.63) is 41.0 Å². The number of nitrogens with zero attached hydrogens (tertiary/aromatic N) is 3. The molecule has 1 aromatic heterocycles. The van der Waals surface area contributed by atoms with E-state index in [1.54, 1.807) is 12.1 Å². The third kappa shape index (κ3) is 3.51. The van der Waals surface area contributed by atoms with Crippen molar-refractivity contribution in [1.82, 2.24) is 14.9 Å². The van der Waals surface area contributed by atoms with Gasteiger partial charge in [0, 0.05) is 26.1 Å². The molecule has 0 radical (unpaired) electrons. The average molecular weight is 371 g/mol. The number of hydrogen-bond donors (Lipinski definition) is 3. The molecule has 1 aromatic carbocycles. The third-order valence-corrected chi connectivity index (χ3v) is 4.87. The lowest BCUT2D eigenvalue weighted by molar-refractivity contribution is -0.00264. The summed E-state index contributed by atoms with van der Waals surface area (Å²) in [6.45, 7) is 3.04. The molecule has 0 aliphatic carbocycles. The molecule has 142 valence electrons. The van der Waals surface area contributed by atoms with Crippen LogP contribution in [0.25, 0.3) is 0 Å². The van der Waals surface area contributed by atoms with Crippen LogP contribution in [-0.4, -0.2) is 57.8 Å². The number of carbonyl (C=O) groups is 1. The largest absolute Gasteiger partial charge is 0.478 e. The second kappa shape index (κ2) is 6.67. The number of benzene rings is 1. The van der Waals surface area contributed by atoms with Crippen molar-refractivity contribution in [2.75, 3.05) is 37.8 Å². The van der Waals surface area contributed by atoms with Gasteiger partial charge in [-0.05, 0) is 17.7 Å². The van der Waals surface area contributed by atoms with E-state index in [0.29, 0.717) is 44.4 Å². The summed E-state index contributed by atoms with van der Waals surface area (Å²) < 4.78 is 11.9. The lowest BCUT2D eigenvalue weighted by atomic mass is 9.97. The summed E-state index contributed by atoms with van der Waals surface area (Å²) in [4.78, 5) is 21.4. The van der Waals surface area contributed by atoms with Gasteiger partial charge in [-0.2, -0.15) is 9.97 Å². The number of ether oxygens (including phenoxy) is 2. The van der Waals surface area contributed by atoms with Gasteiger partial charge in [0.25, 0.3) is 0 Å². The molecule has 1 atom stereocenters. The highest BCUT2D eigenvalue weighted by molar-refractivity contribution is 5.87. The second-order valence-electron chi connectivity index (χ2n) is 6.98. The first-order valence-electron chi connectivity index (χ1n) is 8.67. The number of aromatic nitrogens is 2. The fraction of sp³-hybridized carbons (Fsp3) is 0.389. The second-order valence-corrected chi connectivity index (χ2v) is 6.98. The Hall–Kier alpha value is -2.91. The maximum atomic E-state index is 11.0. The zero-order valence-electron chi connectivity index (χ0n) is 14.7. The minimum absolute atomic E-state index is 0.0909. The number of fused-ring (bicyclic) bond motifs is 1. The van der Waals surface area contributed by atoms with Gasteiger partial charge >= 0.3 is 5.97 Å². The Labute approximate surface area is 155 Å². The molecular formula is C18H21N5O4. The summed E-state index contributed by atoms with van der Waals surface area (Å²) in [5, 5.41) is 9.03. The highest BCUT2D eigenvalue weighted by Gasteiger charge is 2.44. The van der Waals surface area contributed by atoms with Crippen molar-refractivity contribution in [3.63, 3.8) is 0 Å². The van der Waals surface area contributed by atoms with Crippen LogP contribution in [0, 0.1) is 0 Å². The molecule has 0 unspecified atom stereocenters. The number of anilines is 2. The molecule has 9 nitrogen and oxygen atoms in total. The lowest BCUT2D eigenvalue weighted by Crippen LogP contribution is -2.48. The first-order chi connectivity index (χ1) is 12.9. The van der Waals surface area contributed by atoms with Gasteiger partial charge in [0.15, 0.2) is 5.60 Å². The topological polar surface area (TPSA) is 137 Å². The molecule has 3 heterocycles. The van der Waals surface area contributed by atoms with E-state index in [1.807, 2.05) is 12.1 Å². The molecule has 0 saturated carbocycles. The number of carboxylic acid groups (broad SMARTS) is 1. The van der Waals surface area contributed by atoms with Crippen LogP contribution in [-0.2, 0) is 17.7 Å². The van der Waals surface area contributed by atoms with Crippen molar-refractivity contribution in [1.29, 1.82) is 0 Å². The van der Waals surface area contributed by atoms with Crippen LogP contribution in [0.1, 0.15) is 21.5 Å². The molecule has 2 aliphatic rings. The van der Waals surface area contributed by atoms with E-state index in [2.05, 4.69) is 14.9 Å². The van der Waals surface area contributed by atoms with E-state index in [-0.39, 0.29) is 11.5 Å². The van der Waals surface area contributed by atoms with E-state index in [1.165, 1.54) is 0 Å². The van der Waals surface area contributed by atoms with Crippen molar-refractivity contribution in [2.24, 2.45) is 0 Å². The Balaban J connectivity index is 1.51. The van der Waals surface area contributed by atoms with Gasteiger partial charge in [0.1, 0.15) is 5.82 Å². The molecule has 5 N–H and O–H groups in total. The molecule has 4 rings (SSSR count). The highest BCUT2D eigenvalue weighted by Crippen LogP contribution is 2.38. The molecule has 27 heavy (non-hydrogen) atoms. The number of nitrogen functional groups attached to an aromatic ring is 2. The predicted molar refractivity (Wildman–Crippen MR) is 97.4 cm³/mol. The molecule has 1 saturated heterocycles. The maximum absolute atomic E-state index is 11.0. The SMILES string of the molecule is Nc1nc(N)c2c(n1)O[C@]1(COCCN(Cc3ccc(C(=O)O)cc3)C1)C2. The zero-order chi connectivity index (χ0) is 19.0.